The highest BCUT2D eigenvalue weighted by atomic mass is 79.9. The van der Waals surface area contributed by atoms with Gasteiger partial charge in [-0.2, -0.15) is 0 Å². The fourth-order valence-corrected chi connectivity index (χ4v) is 4.55. The molecule has 3 nitrogen and oxygen atoms in total. The van der Waals surface area contributed by atoms with Gasteiger partial charge in [-0.25, -0.2) is 4.79 Å². The SMILES string of the molecule is CC(C)(C)C1=CC(C)(NC(=O)Nc2cccc(Cl)c2Cl)C(Br)S1. The van der Waals surface area contributed by atoms with E-state index in [2.05, 4.69) is 53.4 Å². The van der Waals surface area contributed by atoms with Gasteiger partial charge in [0.15, 0.2) is 0 Å². The van der Waals surface area contributed by atoms with Gasteiger partial charge in [0.25, 0.3) is 0 Å². The first-order chi connectivity index (χ1) is 10.5. The van der Waals surface area contributed by atoms with Crippen molar-refractivity contribution in [1.82, 2.24) is 5.32 Å². The molecule has 1 aromatic carbocycles. The summed E-state index contributed by atoms with van der Waals surface area (Å²) in [5.41, 5.74) is 0.0303. The quantitative estimate of drug-likeness (QED) is 0.535. The minimum absolute atomic E-state index is 0.0445. The first-order valence-electron chi connectivity index (χ1n) is 7.10. The largest absolute Gasteiger partial charge is 0.327 e. The van der Waals surface area contributed by atoms with Crippen molar-refractivity contribution in [3.63, 3.8) is 0 Å². The molecule has 0 bridgehead atoms. The number of carbonyl (C=O) groups excluding carboxylic acids is 1. The second-order valence-corrected chi connectivity index (χ2v) is 10.1. The zero-order valence-electron chi connectivity index (χ0n) is 13.3. The molecular formula is C16H19BrCl2N2OS. The van der Waals surface area contributed by atoms with Gasteiger partial charge in [0, 0.05) is 0 Å². The van der Waals surface area contributed by atoms with Crippen molar-refractivity contribution in [1.29, 1.82) is 0 Å². The predicted octanol–water partition coefficient (Wildman–Crippen LogP) is 6.27. The number of carbonyl (C=O) groups is 1. The van der Waals surface area contributed by atoms with Gasteiger partial charge in [0.2, 0.25) is 0 Å². The first kappa shape index (κ1) is 19.0. The summed E-state index contributed by atoms with van der Waals surface area (Å²) in [6, 6.07) is 4.80. The van der Waals surface area contributed by atoms with Crippen molar-refractivity contribution in [2.24, 2.45) is 5.41 Å². The topological polar surface area (TPSA) is 41.1 Å². The van der Waals surface area contributed by atoms with E-state index in [0.717, 1.165) is 0 Å². The van der Waals surface area contributed by atoms with Gasteiger partial charge in [-0.15, -0.1) is 11.8 Å². The number of anilines is 1. The number of thioether (sulfide) groups is 1. The molecule has 2 unspecified atom stereocenters. The highest BCUT2D eigenvalue weighted by molar-refractivity contribution is 9.11. The lowest BCUT2D eigenvalue weighted by molar-refractivity contribution is 0.246. The number of alkyl halides is 1. The molecule has 2 atom stereocenters. The van der Waals surface area contributed by atoms with E-state index in [9.17, 15) is 4.79 Å². The van der Waals surface area contributed by atoms with Crippen LogP contribution in [0.25, 0.3) is 0 Å². The van der Waals surface area contributed by atoms with E-state index < -0.39 is 5.54 Å². The average Bonchev–Trinajstić information content (AvgIpc) is 2.71. The Morgan fingerprint density at radius 3 is 2.57 bits per heavy atom. The van der Waals surface area contributed by atoms with E-state index in [1.807, 2.05) is 6.92 Å². The van der Waals surface area contributed by atoms with E-state index in [1.165, 1.54) is 4.91 Å². The molecule has 0 radical (unpaired) electrons. The van der Waals surface area contributed by atoms with Crippen LogP contribution in [0.3, 0.4) is 0 Å². The minimum Gasteiger partial charge on any atom is -0.327 e. The van der Waals surface area contributed by atoms with Gasteiger partial charge in [-0.1, -0.05) is 66.0 Å². The van der Waals surface area contributed by atoms with Crippen LogP contribution in [0.4, 0.5) is 10.5 Å². The fourth-order valence-electron chi connectivity index (χ4n) is 2.09. The maximum atomic E-state index is 12.4. The summed E-state index contributed by atoms with van der Waals surface area (Å²) in [5.74, 6) is 0. The smallest absolute Gasteiger partial charge is 0.320 e. The van der Waals surface area contributed by atoms with Crippen molar-refractivity contribution in [2.45, 2.75) is 37.4 Å². The van der Waals surface area contributed by atoms with Gasteiger partial charge in [-0.3, -0.25) is 0 Å². The molecule has 7 heteroatoms. The van der Waals surface area contributed by atoms with Crippen LogP contribution >= 0.6 is 50.9 Å². The molecule has 1 heterocycles. The summed E-state index contributed by atoms with van der Waals surface area (Å²) < 4.78 is 0.0600. The Hall–Kier alpha value is -0.360. The normalized spacial score (nSPS) is 24.3. The standard InChI is InChI=1S/C16H19BrCl2N2OS/c1-15(2,3)11-8-16(4,13(17)23-11)21-14(22)20-10-7-5-6-9(18)12(10)19/h5-8,13H,1-4H3,(H2,20,21,22). The third kappa shape index (κ3) is 4.38. The molecule has 1 aliphatic rings. The number of benzene rings is 1. The molecule has 0 spiro atoms. The maximum Gasteiger partial charge on any atom is 0.320 e. The number of allylic oxidation sites excluding steroid dienone is 1. The number of amides is 2. The van der Waals surface area contributed by atoms with E-state index >= 15 is 0 Å². The Bertz CT molecular complexity index is 660. The number of urea groups is 1. The maximum absolute atomic E-state index is 12.4. The van der Waals surface area contributed by atoms with E-state index in [4.69, 9.17) is 23.2 Å². The van der Waals surface area contributed by atoms with Crippen LogP contribution in [0.1, 0.15) is 27.7 Å². The molecule has 2 rings (SSSR count). The lowest BCUT2D eigenvalue weighted by Gasteiger charge is -2.27. The highest BCUT2D eigenvalue weighted by Crippen LogP contribution is 2.49. The highest BCUT2D eigenvalue weighted by Gasteiger charge is 2.41. The average molecular weight is 438 g/mol. The van der Waals surface area contributed by atoms with E-state index in [1.54, 1.807) is 30.0 Å². The summed E-state index contributed by atoms with van der Waals surface area (Å²) in [6.07, 6.45) is 2.11. The zero-order chi connectivity index (χ0) is 17.4. The molecule has 0 aromatic heterocycles. The summed E-state index contributed by atoms with van der Waals surface area (Å²) in [6.45, 7) is 8.45. The number of hydrogen-bond donors (Lipinski definition) is 2. The Morgan fingerprint density at radius 1 is 1.35 bits per heavy atom. The zero-order valence-corrected chi connectivity index (χ0v) is 17.3. The number of halogens is 3. The summed E-state index contributed by atoms with van der Waals surface area (Å²) in [5, 5.41) is 6.49. The Balaban J connectivity index is 2.13. The molecular weight excluding hydrogens is 419 g/mol. The lowest BCUT2D eigenvalue weighted by atomic mass is 9.92. The van der Waals surface area contributed by atoms with E-state index in [0.29, 0.717) is 15.7 Å². The Morgan fingerprint density at radius 2 is 2.00 bits per heavy atom. The van der Waals surface area contributed by atoms with Gasteiger partial charge >= 0.3 is 6.03 Å². The number of nitrogens with one attached hydrogen (secondary N) is 2. The molecule has 0 aliphatic carbocycles. The third-order valence-corrected chi connectivity index (χ3v) is 7.47. The second-order valence-electron chi connectivity index (χ2n) is 6.66. The van der Waals surface area contributed by atoms with Crippen LogP contribution < -0.4 is 10.6 Å². The van der Waals surface area contributed by atoms with Crippen molar-refractivity contribution < 1.29 is 4.79 Å². The molecule has 2 amide bonds. The fraction of sp³-hybridized carbons (Fsp3) is 0.438. The van der Waals surface area contributed by atoms with Crippen LogP contribution in [0.2, 0.25) is 10.0 Å². The van der Waals surface area contributed by atoms with Crippen molar-refractivity contribution >= 4 is 62.6 Å². The monoisotopic (exact) mass is 436 g/mol. The summed E-state index contributed by atoms with van der Waals surface area (Å²) in [4.78, 5) is 13.6. The van der Waals surface area contributed by atoms with Crippen molar-refractivity contribution in [2.75, 3.05) is 5.32 Å². The molecule has 0 fully saturated rings. The molecule has 126 valence electrons. The third-order valence-electron chi connectivity index (χ3n) is 3.45. The lowest BCUT2D eigenvalue weighted by Crippen LogP contribution is -2.49. The van der Waals surface area contributed by atoms with Gasteiger partial charge in [0.05, 0.1) is 25.4 Å². The van der Waals surface area contributed by atoms with Crippen LogP contribution in [-0.4, -0.2) is 15.7 Å². The summed E-state index contributed by atoms with van der Waals surface area (Å²) >= 11 is 17.4. The summed E-state index contributed by atoms with van der Waals surface area (Å²) in [7, 11) is 0. The Labute approximate surface area is 159 Å². The first-order valence-corrected chi connectivity index (χ1v) is 9.65. The van der Waals surface area contributed by atoms with Crippen LogP contribution in [-0.2, 0) is 0 Å². The van der Waals surface area contributed by atoms with Crippen LogP contribution in [0.5, 0.6) is 0 Å². The molecule has 0 saturated carbocycles. The Kier molecular flexibility index (Phi) is 5.66. The number of rotatable bonds is 2. The van der Waals surface area contributed by atoms with E-state index in [-0.39, 0.29) is 15.6 Å². The van der Waals surface area contributed by atoms with Crippen molar-refractivity contribution in [3.05, 3.63) is 39.2 Å². The second kappa shape index (κ2) is 6.87. The molecule has 2 N–H and O–H groups in total. The molecule has 1 aromatic rings. The van der Waals surface area contributed by atoms with Crippen LogP contribution in [0, 0.1) is 5.41 Å². The number of hydrogen-bond acceptors (Lipinski definition) is 2. The minimum atomic E-state index is -0.498. The van der Waals surface area contributed by atoms with Crippen LogP contribution in [0.15, 0.2) is 29.2 Å². The van der Waals surface area contributed by atoms with Gasteiger partial charge in [0.1, 0.15) is 0 Å². The van der Waals surface area contributed by atoms with Gasteiger partial charge in [-0.05, 0) is 35.5 Å². The molecule has 23 heavy (non-hydrogen) atoms. The molecule has 0 saturated heterocycles. The van der Waals surface area contributed by atoms with Gasteiger partial charge < -0.3 is 10.6 Å². The predicted molar refractivity (Wildman–Crippen MR) is 105 cm³/mol. The molecule has 1 aliphatic heterocycles. The van der Waals surface area contributed by atoms with Crippen molar-refractivity contribution in [3.8, 4) is 0 Å².